The molecular formula is C23H23N3O5. The van der Waals surface area contributed by atoms with E-state index in [1.165, 1.54) is 12.4 Å². The van der Waals surface area contributed by atoms with Gasteiger partial charge in [0.25, 0.3) is 0 Å². The second-order valence-electron chi connectivity index (χ2n) is 7.44. The molecule has 0 fully saturated rings. The van der Waals surface area contributed by atoms with Gasteiger partial charge in [-0.2, -0.15) is 0 Å². The average molecular weight is 421 g/mol. The number of para-hydroxylation sites is 2. The van der Waals surface area contributed by atoms with E-state index in [2.05, 4.69) is 9.97 Å². The Labute approximate surface area is 179 Å². The van der Waals surface area contributed by atoms with Gasteiger partial charge in [0.15, 0.2) is 29.9 Å². The van der Waals surface area contributed by atoms with Crippen LogP contribution in [0.15, 0.2) is 42.7 Å². The molecule has 0 amide bonds. The Hall–Kier alpha value is -3.68. The fourth-order valence-corrected chi connectivity index (χ4v) is 3.50. The molecule has 8 nitrogen and oxygen atoms in total. The number of carbonyl (C=O) groups excluding carboxylic acids is 2. The highest BCUT2D eigenvalue weighted by atomic mass is 16.6. The first-order valence-corrected chi connectivity index (χ1v) is 9.96. The standard InChI is InChI=1S/C23H23N3O5/c1-14-9-25-19(10-24-14)23(28)30-13-20(27)18-8-15(2)26(16(18)3)11-17-12-29-21-6-4-5-7-22(21)31-17/h4-10,17H,11-13H2,1-3H3/t17-/m0/s1. The van der Waals surface area contributed by atoms with Crippen molar-refractivity contribution in [2.75, 3.05) is 13.2 Å². The predicted molar refractivity (Wildman–Crippen MR) is 112 cm³/mol. The fraction of sp³-hybridized carbons (Fsp3) is 0.304. The molecule has 0 radical (unpaired) electrons. The number of rotatable bonds is 6. The van der Waals surface area contributed by atoms with Crippen molar-refractivity contribution in [2.24, 2.45) is 0 Å². The minimum atomic E-state index is -0.680. The maximum atomic E-state index is 12.7. The van der Waals surface area contributed by atoms with Crippen LogP contribution in [-0.4, -0.2) is 45.6 Å². The number of esters is 1. The molecule has 8 heteroatoms. The second kappa shape index (κ2) is 8.59. The monoisotopic (exact) mass is 421 g/mol. The second-order valence-corrected chi connectivity index (χ2v) is 7.44. The van der Waals surface area contributed by atoms with Crippen molar-refractivity contribution in [3.05, 3.63) is 71.1 Å². The lowest BCUT2D eigenvalue weighted by atomic mass is 10.1. The summed E-state index contributed by atoms with van der Waals surface area (Å²) in [6, 6.07) is 9.35. The molecule has 4 rings (SSSR count). The van der Waals surface area contributed by atoms with E-state index < -0.39 is 5.97 Å². The molecule has 0 saturated carbocycles. The van der Waals surface area contributed by atoms with Crippen molar-refractivity contribution in [3.63, 3.8) is 0 Å². The minimum absolute atomic E-state index is 0.0681. The highest BCUT2D eigenvalue weighted by Gasteiger charge is 2.24. The number of fused-ring (bicyclic) bond motifs is 1. The fourth-order valence-electron chi connectivity index (χ4n) is 3.50. The highest BCUT2D eigenvalue weighted by Crippen LogP contribution is 2.31. The Morgan fingerprint density at radius 3 is 2.65 bits per heavy atom. The van der Waals surface area contributed by atoms with Gasteiger partial charge in [-0.3, -0.25) is 9.78 Å². The van der Waals surface area contributed by atoms with Crippen LogP contribution in [-0.2, 0) is 11.3 Å². The lowest BCUT2D eigenvalue weighted by Crippen LogP contribution is -2.33. The van der Waals surface area contributed by atoms with E-state index in [1.807, 2.05) is 42.7 Å². The van der Waals surface area contributed by atoms with E-state index in [4.69, 9.17) is 14.2 Å². The maximum Gasteiger partial charge on any atom is 0.358 e. The zero-order valence-electron chi connectivity index (χ0n) is 17.6. The summed E-state index contributed by atoms with van der Waals surface area (Å²) in [6.45, 7) is 6.16. The summed E-state index contributed by atoms with van der Waals surface area (Å²) in [5.41, 5.74) is 2.97. The van der Waals surface area contributed by atoms with Crippen LogP contribution in [0, 0.1) is 20.8 Å². The number of aryl methyl sites for hydroxylation is 2. The summed E-state index contributed by atoms with van der Waals surface area (Å²) >= 11 is 0. The molecule has 1 aliphatic heterocycles. The number of Topliss-reactive ketones (excluding diaryl/α,β-unsaturated/α-hetero) is 1. The molecular weight excluding hydrogens is 398 g/mol. The van der Waals surface area contributed by atoms with Gasteiger partial charge in [0.2, 0.25) is 5.78 Å². The molecule has 1 aromatic carbocycles. The zero-order chi connectivity index (χ0) is 22.0. The molecule has 160 valence electrons. The Morgan fingerprint density at radius 2 is 1.90 bits per heavy atom. The van der Waals surface area contributed by atoms with Crippen molar-refractivity contribution in [2.45, 2.75) is 33.4 Å². The number of ether oxygens (including phenoxy) is 3. The van der Waals surface area contributed by atoms with E-state index in [-0.39, 0.29) is 24.2 Å². The minimum Gasteiger partial charge on any atom is -0.486 e. The Bertz CT molecular complexity index is 1120. The van der Waals surface area contributed by atoms with Gasteiger partial charge in [0, 0.05) is 23.1 Å². The summed E-state index contributed by atoms with van der Waals surface area (Å²) < 4.78 is 19.0. The molecule has 3 heterocycles. The van der Waals surface area contributed by atoms with Gasteiger partial charge in [-0.1, -0.05) is 12.1 Å². The molecule has 0 spiro atoms. The van der Waals surface area contributed by atoms with Gasteiger partial charge >= 0.3 is 5.97 Å². The molecule has 0 N–H and O–H groups in total. The largest absolute Gasteiger partial charge is 0.486 e. The normalized spacial score (nSPS) is 14.9. The van der Waals surface area contributed by atoms with Crippen LogP contribution < -0.4 is 9.47 Å². The lowest BCUT2D eigenvalue weighted by molar-refractivity contribution is 0.0468. The van der Waals surface area contributed by atoms with Gasteiger partial charge < -0.3 is 18.8 Å². The quantitative estimate of drug-likeness (QED) is 0.446. The van der Waals surface area contributed by atoms with Gasteiger partial charge in [-0.15, -0.1) is 0 Å². The first-order valence-electron chi connectivity index (χ1n) is 9.96. The third kappa shape index (κ3) is 4.42. The molecule has 3 aromatic rings. The SMILES string of the molecule is Cc1cnc(C(=O)OCC(=O)c2cc(C)n(C[C@H]3COc4ccccc4O3)c2C)cn1. The third-order valence-electron chi connectivity index (χ3n) is 5.15. The van der Waals surface area contributed by atoms with Crippen LogP contribution in [0.3, 0.4) is 0 Å². The van der Waals surface area contributed by atoms with Crippen molar-refractivity contribution < 1.29 is 23.8 Å². The number of aromatic nitrogens is 3. The van der Waals surface area contributed by atoms with E-state index in [0.29, 0.717) is 30.2 Å². The summed E-state index contributed by atoms with van der Waals surface area (Å²) in [5, 5.41) is 0. The van der Waals surface area contributed by atoms with Gasteiger partial charge in [0.05, 0.1) is 18.4 Å². The topological polar surface area (TPSA) is 92.5 Å². The van der Waals surface area contributed by atoms with Crippen molar-refractivity contribution in [3.8, 4) is 11.5 Å². The number of ketones is 1. The van der Waals surface area contributed by atoms with Crippen molar-refractivity contribution in [1.82, 2.24) is 14.5 Å². The number of nitrogens with zero attached hydrogens (tertiary/aromatic N) is 3. The lowest BCUT2D eigenvalue weighted by Gasteiger charge is -2.27. The van der Waals surface area contributed by atoms with Crippen LogP contribution in [0.1, 0.15) is 37.9 Å². The van der Waals surface area contributed by atoms with E-state index in [1.54, 1.807) is 13.0 Å². The molecule has 0 unspecified atom stereocenters. The average Bonchev–Trinajstić information content (AvgIpc) is 3.06. The number of carbonyl (C=O) groups is 2. The summed E-state index contributed by atoms with van der Waals surface area (Å²) in [7, 11) is 0. The molecule has 2 aromatic heterocycles. The maximum absolute atomic E-state index is 12.7. The van der Waals surface area contributed by atoms with Gasteiger partial charge in [-0.05, 0) is 39.0 Å². The van der Waals surface area contributed by atoms with E-state index in [0.717, 1.165) is 17.1 Å². The summed E-state index contributed by atoms with van der Waals surface area (Å²) in [4.78, 5) is 32.8. The molecule has 1 aliphatic rings. The van der Waals surface area contributed by atoms with Gasteiger partial charge in [-0.25, -0.2) is 9.78 Å². The zero-order valence-corrected chi connectivity index (χ0v) is 17.6. The Kier molecular flexibility index (Phi) is 5.70. The van der Waals surface area contributed by atoms with Gasteiger partial charge in [0.1, 0.15) is 6.61 Å². The number of hydrogen-bond acceptors (Lipinski definition) is 7. The van der Waals surface area contributed by atoms with Crippen LogP contribution in [0.5, 0.6) is 11.5 Å². The predicted octanol–water partition coefficient (Wildman–Crippen LogP) is 3.08. The Morgan fingerprint density at radius 1 is 1.13 bits per heavy atom. The molecule has 0 aliphatic carbocycles. The Balaban J connectivity index is 1.41. The van der Waals surface area contributed by atoms with Crippen LogP contribution in [0.2, 0.25) is 0 Å². The molecule has 1 atom stereocenters. The first kappa shape index (κ1) is 20.6. The third-order valence-corrected chi connectivity index (χ3v) is 5.15. The van der Waals surface area contributed by atoms with Crippen LogP contribution in [0.4, 0.5) is 0 Å². The van der Waals surface area contributed by atoms with E-state index in [9.17, 15) is 9.59 Å². The molecule has 0 saturated heterocycles. The van der Waals surface area contributed by atoms with Crippen LogP contribution >= 0.6 is 0 Å². The summed E-state index contributed by atoms with van der Waals surface area (Å²) in [5.74, 6) is 0.485. The molecule has 31 heavy (non-hydrogen) atoms. The number of benzene rings is 1. The van der Waals surface area contributed by atoms with Crippen LogP contribution in [0.25, 0.3) is 0 Å². The van der Waals surface area contributed by atoms with Crippen molar-refractivity contribution >= 4 is 11.8 Å². The number of hydrogen-bond donors (Lipinski definition) is 0. The molecule has 0 bridgehead atoms. The summed E-state index contributed by atoms with van der Waals surface area (Å²) in [6.07, 6.45) is 2.63. The van der Waals surface area contributed by atoms with Crippen molar-refractivity contribution in [1.29, 1.82) is 0 Å². The first-order chi connectivity index (χ1) is 14.9. The smallest absolute Gasteiger partial charge is 0.358 e. The highest BCUT2D eigenvalue weighted by molar-refractivity contribution is 6.00. The van der Waals surface area contributed by atoms with E-state index >= 15 is 0 Å².